The molecule has 0 aromatic heterocycles. The number of halogens is 4. The molecule has 3 nitrogen and oxygen atoms in total. The van der Waals surface area contributed by atoms with Crippen LogP contribution in [0.2, 0.25) is 5.02 Å². The normalized spacial score (nSPS) is 23.1. The quantitative estimate of drug-likeness (QED) is 0.860. The van der Waals surface area contributed by atoms with Gasteiger partial charge in [-0.15, -0.1) is 0 Å². The van der Waals surface area contributed by atoms with Gasteiger partial charge in [0.15, 0.2) is 0 Å². The first kappa shape index (κ1) is 13.0. The number of carbonyl (C=O) groups is 1. The third-order valence-corrected chi connectivity index (χ3v) is 2.96. The average Bonchev–Trinajstić information content (AvgIpc) is 2.25. The molecule has 1 aliphatic heterocycles. The van der Waals surface area contributed by atoms with E-state index in [9.17, 15) is 18.0 Å². The molecule has 1 N–H and O–H groups in total. The van der Waals surface area contributed by atoms with Gasteiger partial charge in [-0.1, -0.05) is 11.6 Å². The minimum atomic E-state index is -4.72. The molecule has 98 valence electrons. The van der Waals surface area contributed by atoms with Crippen molar-refractivity contribution in [1.29, 1.82) is 0 Å². The van der Waals surface area contributed by atoms with Crippen LogP contribution in [0, 0.1) is 5.92 Å². The second-order valence-corrected chi connectivity index (χ2v) is 4.42. The number of rotatable bonds is 1. The fourth-order valence-electron chi connectivity index (χ4n) is 1.90. The highest BCUT2D eigenvalue weighted by Crippen LogP contribution is 2.39. The lowest BCUT2D eigenvalue weighted by Gasteiger charge is -2.32. The van der Waals surface area contributed by atoms with E-state index in [0.29, 0.717) is 10.6 Å². The van der Waals surface area contributed by atoms with Crippen molar-refractivity contribution in [3.8, 4) is 5.75 Å². The van der Waals surface area contributed by atoms with E-state index in [1.807, 2.05) is 0 Å². The van der Waals surface area contributed by atoms with Gasteiger partial charge in [0.25, 0.3) is 0 Å². The first-order valence-corrected chi connectivity index (χ1v) is 5.41. The Balaban J connectivity index is 2.40. The molecule has 0 radical (unpaired) electrons. The number of carboxylic acids is 1. The molecule has 1 aromatic carbocycles. The number of benzene rings is 1. The van der Waals surface area contributed by atoms with Gasteiger partial charge in [0.05, 0.1) is 0 Å². The number of aliphatic carboxylic acids is 1. The molecule has 1 aliphatic rings. The summed E-state index contributed by atoms with van der Waals surface area (Å²) < 4.78 is 42.9. The van der Waals surface area contributed by atoms with Gasteiger partial charge >= 0.3 is 12.1 Å². The van der Waals surface area contributed by atoms with Crippen molar-refractivity contribution in [2.24, 2.45) is 5.92 Å². The van der Waals surface area contributed by atoms with E-state index in [1.54, 1.807) is 0 Å². The maximum Gasteiger partial charge on any atom is 0.426 e. The third kappa shape index (κ3) is 2.38. The van der Waals surface area contributed by atoms with E-state index in [-0.39, 0.29) is 12.2 Å². The summed E-state index contributed by atoms with van der Waals surface area (Å²) in [6.07, 6.45) is -7.31. The van der Waals surface area contributed by atoms with Crippen LogP contribution in [0.3, 0.4) is 0 Å². The first-order valence-electron chi connectivity index (χ1n) is 5.03. The molecule has 7 heteroatoms. The molecule has 0 unspecified atom stereocenters. The molecular formula is C11H8ClF3O3. The molecule has 2 rings (SSSR count). The van der Waals surface area contributed by atoms with Gasteiger partial charge in [0.1, 0.15) is 11.7 Å². The van der Waals surface area contributed by atoms with E-state index in [1.165, 1.54) is 18.2 Å². The van der Waals surface area contributed by atoms with E-state index in [0.717, 1.165) is 0 Å². The Labute approximate surface area is 105 Å². The van der Waals surface area contributed by atoms with Gasteiger partial charge in [0.2, 0.25) is 6.10 Å². The Morgan fingerprint density at radius 3 is 2.67 bits per heavy atom. The minimum Gasteiger partial charge on any atom is -0.481 e. The lowest BCUT2D eigenvalue weighted by molar-refractivity contribution is -0.217. The summed E-state index contributed by atoms with van der Waals surface area (Å²) in [4.78, 5) is 10.9. The van der Waals surface area contributed by atoms with Crippen molar-refractivity contribution >= 4 is 17.6 Å². The van der Waals surface area contributed by atoms with Crippen LogP contribution in [0.15, 0.2) is 18.2 Å². The standard InChI is InChI=1S/C11H8ClF3O3/c12-6-1-2-8-5(3-6)4-7(10(16)17)9(18-8)11(13,14)15/h1-3,7,9H,4H2,(H,16,17)/t7-,9+/m0/s1. The van der Waals surface area contributed by atoms with Crippen molar-refractivity contribution in [3.05, 3.63) is 28.8 Å². The second-order valence-electron chi connectivity index (χ2n) is 3.98. The smallest absolute Gasteiger partial charge is 0.426 e. The van der Waals surface area contributed by atoms with Crippen molar-refractivity contribution < 1.29 is 27.8 Å². The van der Waals surface area contributed by atoms with Gasteiger partial charge in [-0.05, 0) is 30.2 Å². The lowest BCUT2D eigenvalue weighted by atomic mass is 9.90. The van der Waals surface area contributed by atoms with Crippen molar-refractivity contribution in [3.63, 3.8) is 0 Å². The maximum absolute atomic E-state index is 12.7. The molecule has 0 fully saturated rings. The minimum absolute atomic E-state index is 0.0271. The van der Waals surface area contributed by atoms with Crippen LogP contribution in [0.5, 0.6) is 5.75 Å². The number of hydrogen-bond donors (Lipinski definition) is 1. The first-order chi connectivity index (χ1) is 8.29. The van der Waals surface area contributed by atoms with Gasteiger partial charge in [-0.2, -0.15) is 13.2 Å². The molecule has 1 aromatic rings. The van der Waals surface area contributed by atoms with Crippen LogP contribution in [-0.4, -0.2) is 23.4 Å². The molecule has 18 heavy (non-hydrogen) atoms. The van der Waals surface area contributed by atoms with Crippen molar-refractivity contribution in [1.82, 2.24) is 0 Å². The molecule has 0 bridgehead atoms. The molecule has 0 spiro atoms. The highest BCUT2D eigenvalue weighted by Gasteiger charge is 2.52. The van der Waals surface area contributed by atoms with Crippen LogP contribution < -0.4 is 4.74 Å². The zero-order valence-corrected chi connectivity index (χ0v) is 9.63. The van der Waals surface area contributed by atoms with Gasteiger partial charge < -0.3 is 9.84 Å². The van der Waals surface area contributed by atoms with Gasteiger partial charge in [-0.25, -0.2) is 0 Å². The molecule has 0 aliphatic carbocycles. The molecule has 0 amide bonds. The highest BCUT2D eigenvalue weighted by atomic mass is 35.5. The molecule has 1 heterocycles. The topological polar surface area (TPSA) is 46.5 Å². The fourth-order valence-corrected chi connectivity index (χ4v) is 2.09. The van der Waals surface area contributed by atoms with Gasteiger partial charge in [-0.3, -0.25) is 4.79 Å². The summed E-state index contributed by atoms with van der Waals surface area (Å²) in [6.45, 7) is 0. The Morgan fingerprint density at radius 2 is 2.11 bits per heavy atom. The molecular weight excluding hydrogens is 273 g/mol. The predicted octanol–water partition coefficient (Wildman–Crippen LogP) is 2.91. The zero-order chi connectivity index (χ0) is 13.5. The Bertz CT molecular complexity index is 487. The average molecular weight is 281 g/mol. The second kappa shape index (κ2) is 4.35. The van der Waals surface area contributed by atoms with E-state index in [2.05, 4.69) is 0 Å². The SMILES string of the molecule is O=C(O)[C@H]1Cc2cc(Cl)ccc2O[C@H]1C(F)(F)F. The van der Waals surface area contributed by atoms with Crippen LogP contribution in [0.1, 0.15) is 5.56 Å². The largest absolute Gasteiger partial charge is 0.481 e. The van der Waals surface area contributed by atoms with Crippen LogP contribution in [0.25, 0.3) is 0 Å². The Morgan fingerprint density at radius 1 is 1.44 bits per heavy atom. The lowest BCUT2D eigenvalue weighted by Crippen LogP contribution is -2.47. The molecule has 0 saturated carbocycles. The van der Waals surface area contributed by atoms with E-state index >= 15 is 0 Å². The van der Waals surface area contributed by atoms with Crippen LogP contribution >= 0.6 is 11.6 Å². The van der Waals surface area contributed by atoms with Crippen LogP contribution in [-0.2, 0) is 11.2 Å². The number of carboxylic acid groups (broad SMARTS) is 1. The third-order valence-electron chi connectivity index (χ3n) is 2.72. The summed E-state index contributed by atoms with van der Waals surface area (Å²) >= 11 is 5.71. The summed E-state index contributed by atoms with van der Waals surface area (Å²) in [5.41, 5.74) is 0.371. The molecule has 2 atom stereocenters. The van der Waals surface area contributed by atoms with E-state index < -0.39 is 24.2 Å². The number of fused-ring (bicyclic) bond motifs is 1. The Kier molecular flexibility index (Phi) is 3.14. The Hall–Kier alpha value is -1.43. The fraction of sp³-hybridized carbons (Fsp3) is 0.364. The summed E-state index contributed by atoms with van der Waals surface area (Å²) in [5, 5.41) is 9.18. The summed E-state index contributed by atoms with van der Waals surface area (Å²) in [7, 11) is 0. The number of ether oxygens (including phenoxy) is 1. The van der Waals surface area contributed by atoms with Crippen LogP contribution in [0.4, 0.5) is 13.2 Å². The zero-order valence-electron chi connectivity index (χ0n) is 8.87. The van der Waals surface area contributed by atoms with E-state index in [4.69, 9.17) is 21.4 Å². The van der Waals surface area contributed by atoms with Crippen molar-refractivity contribution in [2.75, 3.05) is 0 Å². The van der Waals surface area contributed by atoms with Crippen molar-refractivity contribution in [2.45, 2.75) is 18.7 Å². The highest BCUT2D eigenvalue weighted by molar-refractivity contribution is 6.30. The summed E-state index contributed by atoms with van der Waals surface area (Å²) in [6, 6.07) is 4.13. The maximum atomic E-state index is 12.7. The van der Waals surface area contributed by atoms with Gasteiger partial charge in [0, 0.05) is 5.02 Å². The monoisotopic (exact) mass is 280 g/mol. The molecule has 0 saturated heterocycles. The summed E-state index contributed by atoms with van der Waals surface area (Å²) in [5.74, 6) is -3.17. The predicted molar refractivity (Wildman–Crippen MR) is 56.8 cm³/mol. The number of hydrogen-bond acceptors (Lipinski definition) is 2. The number of alkyl halides is 3.